The Bertz CT molecular complexity index is 640. The van der Waals surface area contributed by atoms with E-state index >= 15 is 0 Å². The largest absolute Gasteiger partial charge is 0.459 e. The maximum absolute atomic E-state index is 12.1. The molecule has 2 aliphatic rings. The summed E-state index contributed by atoms with van der Waals surface area (Å²) in [6.07, 6.45) is 2.02. The molecular formula is C18H19ClO4. The second-order valence-electron chi connectivity index (χ2n) is 6.36. The summed E-state index contributed by atoms with van der Waals surface area (Å²) >= 11 is 6.34. The highest BCUT2D eigenvalue weighted by molar-refractivity contribution is 6.51. The third-order valence-electron chi connectivity index (χ3n) is 4.59. The monoisotopic (exact) mass is 334 g/mol. The van der Waals surface area contributed by atoms with Crippen LogP contribution >= 0.6 is 11.6 Å². The van der Waals surface area contributed by atoms with E-state index in [1.165, 1.54) is 0 Å². The van der Waals surface area contributed by atoms with Gasteiger partial charge < -0.3 is 9.84 Å². The molecule has 2 fully saturated rings. The third kappa shape index (κ3) is 3.65. The van der Waals surface area contributed by atoms with Gasteiger partial charge in [0.25, 0.3) is 0 Å². The number of Topliss-reactive ketones (excluding diaryl/α,β-unsaturated/α-hetero) is 1. The van der Waals surface area contributed by atoms with Crippen LogP contribution < -0.4 is 0 Å². The van der Waals surface area contributed by atoms with Crippen molar-refractivity contribution in [3.05, 3.63) is 41.5 Å². The number of rotatable bonds is 3. The van der Waals surface area contributed by atoms with Crippen LogP contribution in [0.4, 0.5) is 0 Å². The van der Waals surface area contributed by atoms with E-state index in [2.05, 4.69) is 0 Å². The minimum atomic E-state index is -0.923. The van der Waals surface area contributed by atoms with Crippen LogP contribution in [-0.4, -0.2) is 28.6 Å². The predicted molar refractivity (Wildman–Crippen MR) is 86.8 cm³/mol. The molecule has 0 amide bonds. The molecule has 0 aromatic heterocycles. The summed E-state index contributed by atoms with van der Waals surface area (Å²) in [4.78, 5) is 23.4. The molecule has 122 valence electrons. The number of esters is 1. The molecule has 0 radical (unpaired) electrons. The van der Waals surface area contributed by atoms with E-state index in [0.717, 1.165) is 5.56 Å². The Kier molecular flexibility index (Phi) is 4.55. The number of cyclic esters (lactones) is 1. The van der Waals surface area contributed by atoms with Gasteiger partial charge in [0.2, 0.25) is 0 Å². The van der Waals surface area contributed by atoms with Gasteiger partial charge in [0, 0.05) is 25.7 Å². The van der Waals surface area contributed by atoms with Crippen molar-refractivity contribution in [3.8, 4) is 0 Å². The topological polar surface area (TPSA) is 63.6 Å². The lowest BCUT2D eigenvalue weighted by atomic mass is 9.80. The molecule has 4 nitrogen and oxygen atoms in total. The Hall–Kier alpha value is -1.65. The zero-order valence-electron chi connectivity index (χ0n) is 12.8. The van der Waals surface area contributed by atoms with E-state index in [1.807, 2.05) is 30.3 Å². The van der Waals surface area contributed by atoms with Crippen molar-refractivity contribution < 1.29 is 19.4 Å². The Morgan fingerprint density at radius 3 is 2.52 bits per heavy atom. The van der Waals surface area contributed by atoms with Crippen LogP contribution in [-0.2, 0) is 14.3 Å². The molecule has 5 heteroatoms. The summed E-state index contributed by atoms with van der Waals surface area (Å²) in [5.41, 5.74) is 0.315. The zero-order valence-corrected chi connectivity index (χ0v) is 13.5. The van der Waals surface area contributed by atoms with Crippen LogP contribution in [0.3, 0.4) is 0 Å². The molecular weight excluding hydrogens is 316 g/mol. The minimum Gasteiger partial charge on any atom is -0.459 e. The highest BCUT2D eigenvalue weighted by Crippen LogP contribution is 2.37. The number of hydrogen-bond donors (Lipinski definition) is 1. The number of halogens is 1. The van der Waals surface area contributed by atoms with Crippen LogP contribution in [0.2, 0.25) is 0 Å². The van der Waals surface area contributed by atoms with Crippen molar-refractivity contribution in [2.45, 2.75) is 50.2 Å². The maximum Gasteiger partial charge on any atom is 0.335 e. The van der Waals surface area contributed by atoms with Gasteiger partial charge >= 0.3 is 5.97 Å². The number of aliphatic hydroxyl groups is 1. The lowest BCUT2D eigenvalue weighted by Crippen LogP contribution is -2.37. The fourth-order valence-corrected chi connectivity index (χ4v) is 3.53. The van der Waals surface area contributed by atoms with E-state index < -0.39 is 11.6 Å². The fraction of sp³-hybridized carbons (Fsp3) is 0.444. The summed E-state index contributed by atoms with van der Waals surface area (Å²) in [5, 5.41) is 11.0. The van der Waals surface area contributed by atoms with Gasteiger partial charge in [-0.2, -0.15) is 0 Å². The molecule has 1 saturated heterocycles. The molecule has 1 unspecified atom stereocenters. The summed E-state index contributed by atoms with van der Waals surface area (Å²) in [6.45, 7) is 0. The van der Waals surface area contributed by atoms with Crippen molar-refractivity contribution >= 4 is 28.4 Å². The van der Waals surface area contributed by atoms with Crippen LogP contribution in [0.5, 0.6) is 0 Å². The molecule has 0 bridgehead atoms. The summed E-state index contributed by atoms with van der Waals surface area (Å²) in [7, 11) is 0. The van der Waals surface area contributed by atoms with Gasteiger partial charge in [-0.25, -0.2) is 4.79 Å². The number of ketones is 1. The van der Waals surface area contributed by atoms with Gasteiger partial charge in [0.05, 0.1) is 16.2 Å². The van der Waals surface area contributed by atoms with E-state index in [4.69, 9.17) is 16.3 Å². The second-order valence-corrected chi connectivity index (χ2v) is 6.74. The molecule has 1 aromatic carbocycles. The van der Waals surface area contributed by atoms with Gasteiger partial charge in [-0.3, -0.25) is 4.79 Å². The van der Waals surface area contributed by atoms with E-state index in [0.29, 0.717) is 49.1 Å². The third-order valence-corrected chi connectivity index (χ3v) is 5.04. The van der Waals surface area contributed by atoms with Gasteiger partial charge in [-0.05, 0) is 18.4 Å². The SMILES string of the molecule is O=C1CCC(O)(CC2C/C(=C(/Cl)c3ccccc3)C(=O)O2)CC1. The van der Waals surface area contributed by atoms with Gasteiger partial charge in [0.15, 0.2) is 0 Å². The van der Waals surface area contributed by atoms with Crippen molar-refractivity contribution in [1.29, 1.82) is 0 Å². The quantitative estimate of drug-likeness (QED) is 0.681. The van der Waals surface area contributed by atoms with Crippen molar-refractivity contribution in [2.75, 3.05) is 0 Å². The van der Waals surface area contributed by atoms with Crippen LogP contribution in [0.1, 0.15) is 44.1 Å². The Balaban J connectivity index is 1.71. The van der Waals surface area contributed by atoms with Crippen LogP contribution in [0.25, 0.3) is 5.03 Å². The van der Waals surface area contributed by atoms with E-state index in [1.54, 1.807) is 0 Å². The fourth-order valence-electron chi connectivity index (χ4n) is 3.25. The van der Waals surface area contributed by atoms with Crippen molar-refractivity contribution in [3.63, 3.8) is 0 Å². The van der Waals surface area contributed by atoms with Crippen molar-refractivity contribution in [2.24, 2.45) is 0 Å². The molecule has 1 aliphatic heterocycles. The van der Waals surface area contributed by atoms with Crippen LogP contribution in [0, 0.1) is 0 Å². The molecule has 1 N–H and O–H groups in total. The molecule has 1 saturated carbocycles. The lowest BCUT2D eigenvalue weighted by Gasteiger charge is -2.32. The van der Waals surface area contributed by atoms with Crippen molar-refractivity contribution in [1.82, 2.24) is 0 Å². The number of hydrogen-bond acceptors (Lipinski definition) is 4. The number of ether oxygens (including phenoxy) is 1. The Morgan fingerprint density at radius 1 is 1.22 bits per heavy atom. The molecule has 0 spiro atoms. The van der Waals surface area contributed by atoms with Crippen LogP contribution in [0.15, 0.2) is 35.9 Å². The van der Waals surface area contributed by atoms with E-state index in [9.17, 15) is 14.7 Å². The van der Waals surface area contributed by atoms with Gasteiger partial charge in [-0.15, -0.1) is 0 Å². The first-order valence-electron chi connectivity index (χ1n) is 7.86. The molecule has 3 rings (SSSR count). The Labute approximate surface area is 140 Å². The molecule has 1 heterocycles. The molecule has 1 aliphatic carbocycles. The van der Waals surface area contributed by atoms with Gasteiger partial charge in [0.1, 0.15) is 11.9 Å². The standard InChI is InChI=1S/C18H19ClO4/c19-16(12-4-2-1-3-5-12)15-10-14(23-17(15)21)11-18(22)8-6-13(20)7-9-18/h1-5,14,22H,6-11H2/b16-15-. The first kappa shape index (κ1) is 16.2. The minimum absolute atomic E-state index is 0.186. The highest BCUT2D eigenvalue weighted by atomic mass is 35.5. The summed E-state index contributed by atoms with van der Waals surface area (Å²) in [6, 6.07) is 9.29. The lowest BCUT2D eigenvalue weighted by molar-refractivity contribution is -0.143. The number of benzene rings is 1. The molecule has 1 aromatic rings. The Morgan fingerprint density at radius 2 is 1.87 bits per heavy atom. The smallest absolute Gasteiger partial charge is 0.335 e. The molecule has 1 atom stereocenters. The number of carbonyl (C=O) groups is 2. The second kappa shape index (κ2) is 6.46. The average Bonchev–Trinajstić information content (AvgIpc) is 2.91. The maximum atomic E-state index is 12.1. The van der Waals surface area contributed by atoms with Gasteiger partial charge in [-0.1, -0.05) is 41.9 Å². The summed E-state index contributed by atoms with van der Waals surface area (Å²) < 4.78 is 5.39. The first-order chi connectivity index (χ1) is 11.0. The van der Waals surface area contributed by atoms with E-state index in [-0.39, 0.29) is 11.9 Å². The molecule has 23 heavy (non-hydrogen) atoms. The first-order valence-corrected chi connectivity index (χ1v) is 8.24. The zero-order chi connectivity index (χ0) is 16.4. The average molecular weight is 335 g/mol. The normalized spacial score (nSPS) is 26.1. The predicted octanol–water partition coefficient (Wildman–Crippen LogP) is 3.22. The summed E-state index contributed by atoms with van der Waals surface area (Å²) in [5.74, 6) is -0.231. The number of carbonyl (C=O) groups excluding carboxylic acids is 2. The highest BCUT2D eigenvalue weighted by Gasteiger charge is 2.40.